The first kappa shape index (κ1) is 19.3. The zero-order valence-corrected chi connectivity index (χ0v) is 17.3. The van der Waals surface area contributed by atoms with Gasteiger partial charge in [0.2, 0.25) is 5.91 Å². The van der Waals surface area contributed by atoms with Gasteiger partial charge >= 0.3 is 0 Å². The SMILES string of the molecule is COc1ccc(N2C(=O)[C@@H]3[C@H](ON(c4ccccc4)[C@@H]3c3ccccc3C)C2=O)cc1. The van der Waals surface area contributed by atoms with E-state index in [1.165, 1.54) is 4.90 Å². The molecule has 2 saturated heterocycles. The maximum atomic E-state index is 13.6. The molecule has 156 valence electrons. The van der Waals surface area contributed by atoms with E-state index in [0.29, 0.717) is 11.4 Å². The van der Waals surface area contributed by atoms with E-state index in [1.54, 1.807) is 36.4 Å². The molecule has 3 atom stereocenters. The largest absolute Gasteiger partial charge is 0.497 e. The van der Waals surface area contributed by atoms with E-state index in [9.17, 15) is 9.59 Å². The Labute approximate surface area is 180 Å². The molecule has 0 N–H and O–H groups in total. The summed E-state index contributed by atoms with van der Waals surface area (Å²) in [6.45, 7) is 2.01. The van der Waals surface area contributed by atoms with Crippen LogP contribution < -0.4 is 14.7 Å². The smallest absolute Gasteiger partial charge is 0.266 e. The van der Waals surface area contributed by atoms with Crippen LogP contribution in [0, 0.1) is 12.8 Å². The van der Waals surface area contributed by atoms with Gasteiger partial charge in [0.1, 0.15) is 11.7 Å². The maximum Gasteiger partial charge on any atom is 0.266 e. The van der Waals surface area contributed by atoms with Gasteiger partial charge in [-0.25, -0.2) is 9.96 Å². The molecule has 2 amide bonds. The van der Waals surface area contributed by atoms with Crippen LogP contribution in [0.25, 0.3) is 0 Å². The summed E-state index contributed by atoms with van der Waals surface area (Å²) in [7, 11) is 1.57. The van der Waals surface area contributed by atoms with Crippen molar-refractivity contribution >= 4 is 23.2 Å². The molecule has 0 aromatic heterocycles. The summed E-state index contributed by atoms with van der Waals surface area (Å²) >= 11 is 0. The molecule has 0 unspecified atom stereocenters. The Hall–Kier alpha value is -3.64. The van der Waals surface area contributed by atoms with Gasteiger partial charge in [-0.15, -0.1) is 0 Å². The Morgan fingerprint density at radius 2 is 1.48 bits per heavy atom. The highest BCUT2D eigenvalue weighted by Crippen LogP contribution is 2.48. The molecule has 0 saturated carbocycles. The molecule has 2 aliphatic heterocycles. The standard InChI is InChI=1S/C25H22N2O4/c1-16-8-6-7-11-20(16)22-21-23(31-27(22)18-9-4-3-5-10-18)25(29)26(24(21)28)17-12-14-19(30-2)15-13-17/h3-15,21-23H,1-2H3/t21-,22+,23-/m0/s1. The van der Waals surface area contributed by atoms with Crippen LogP contribution in [0.3, 0.4) is 0 Å². The van der Waals surface area contributed by atoms with E-state index >= 15 is 0 Å². The number of hydroxylamine groups is 1. The quantitative estimate of drug-likeness (QED) is 0.603. The van der Waals surface area contributed by atoms with Gasteiger partial charge in [0.05, 0.1) is 24.5 Å². The van der Waals surface area contributed by atoms with Gasteiger partial charge in [0.25, 0.3) is 5.91 Å². The second kappa shape index (κ2) is 7.56. The fourth-order valence-electron chi connectivity index (χ4n) is 4.43. The second-order valence-corrected chi connectivity index (χ2v) is 7.72. The van der Waals surface area contributed by atoms with Gasteiger partial charge in [0.15, 0.2) is 6.10 Å². The van der Waals surface area contributed by atoms with E-state index in [-0.39, 0.29) is 11.8 Å². The average molecular weight is 414 g/mol. The molecule has 0 bridgehead atoms. The molecule has 0 aliphatic carbocycles. The first-order valence-corrected chi connectivity index (χ1v) is 10.2. The number of para-hydroxylation sites is 1. The van der Waals surface area contributed by atoms with Gasteiger partial charge in [-0.1, -0.05) is 42.5 Å². The predicted octanol–water partition coefficient (Wildman–Crippen LogP) is 4.05. The molecule has 0 radical (unpaired) electrons. The highest BCUT2D eigenvalue weighted by atomic mass is 16.7. The normalized spacial score (nSPS) is 22.7. The van der Waals surface area contributed by atoms with Crippen LogP contribution in [0.1, 0.15) is 17.2 Å². The van der Waals surface area contributed by atoms with E-state index in [2.05, 4.69) is 0 Å². The summed E-state index contributed by atoms with van der Waals surface area (Å²) < 4.78 is 5.19. The van der Waals surface area contributed by atoms with Crippen molar-refractivity contribution in [2.24, 2.45) is 5.92 Å². The number of benzene rings is 3. The second-order valence-electron chi connectivity index (χ2n) is 7.72. The topological polar surface area (TPSA) is 59.1 Å². The van der Waals surface area contributed by atoms with Crippen molar-refractivity contribution in [3.05, 3.63) is 90.0 Å². The summed E-state index contributed by atoms with van der Waals surface area (Å²) in [5.74, 6) is -0.590. The van der Waals surface area contributed by atoms with Crippen LogP contribution in [0.2, 0.25) is 0 Å². The van der Waals surface area contributed by atoms with Crippen LogP contribution >= 0.6 is 0 Å². The molecule has 5 rings (SSSR count). The summed E-state index contributed by atoms with van der Waals surface area (Å²) in [6.07, 6.45) is -0.876. The van der Waals surface area contributed by atoms with E-state index in [4.69, 9.17) is 9.57 Å². The minimum Gasteiger partial charge on any atom is -0.497 e. The number of carbonyl (C=O) groups is 2. The number of hydrogen-bond acceptors (Lipinski definition) is 5. The van der Waals surface area contributed by atoms with Crippen molar-refractivity contribution in [1.82, 2.24) is 0 Å². The van der Waals surface area contributed by atoms with Crippen LogP contribution in [-0.2, 0) is 14.4 Å². The molecule has 31 heavy (non-hydrogen) atoms. The number of carbonyl (C=O) groups excluding carboxylic acids is 2. The molecule has 2 aliphatic rings. The zero-order chi connectivity index (χ0) is 21.5. The number of amides is 2. The number of anilines is 2. The molecule has 2 fully saturated rings. The number of imide groups is 1. The number of rotatable bonds is 4. The van der Waals surface area contributed by atoms with Crippen LogP contribution in [0.4, 0.5) is 11.4 Å². The van der Waals surface area contributed by atoms with Crippen LogP contribution in [-0.4, -0.2) is 25.0 Å². The van der Waals surface area contributed by atoms with Gasteiger partial charge in [-0.05, 0) is 54.4 Å². The van der Waals surface area contributed by atoms with Crippen LogP contribution in [0.5, 0.6) is 5.75 Å². The van der Waals surface area contributed by atoms with Crippen molar-refractivity contribution in [2.45, 2.75) is 19.1 Å². The number of fused-ring (bicyclic) bond motifs is 1. The molecule has 3 aromatic rings. The number of nitrogens with zero attached hydrogens (tertiary/aromatic N) is 2. The Morgan fingerprint density at radius 3 is 2.16 bits per heavy atom. The number of methoxy groups -OCH3 is 1. The van der Waals surface area contributed by atoms with Gasteiger partial charge in [-0.3, -0.25) is 14.4 Å². The molecular formula is C25H22N2O4. The number of aryl methyl sites for hydroxylation is 1. The van der Waals surface area contributed by atoms with Crippen molar-refractivity contribution in [3.63, 3.8) is 0 Å². The van der Waals surface area contributed by atoms with E-state index < -0.39 is 18.1 Å². The molecule has 0 spiro atoms. The van der Waals surface area contributed by atoms with Crippen molar-refractivity contribution in [3.8, 4) is 5.75 Å². The Balaban J connectivity index is 1.58. The minimum absolute atomic E-state index is 0.258. The lowest BCUT2D eigenvalue weighted by atomic mass is 9.88. The zero-order valence-electron chi connectivity index (χ0n) is 17.3. The number of ether oxygens (including phenoxy) is 1. The lowest BCUT2D eigenvalue weighted by Gasteiger charge is -2.29. The summed E-state index contributed by atoms with van der Waals surface area (Å²) in [4.78, 5) is 34.3. The lowest BCUT2D eigenvalue weighted by Crippen LogP contribution is -2.37. The first-order chi connectivity index (χ1) is 15.1. The predicted molar refractivity (Wildman–Crippen MR) is 117 cm³/mol. The first-order valence-electron chi connectivity index (χ1n) is 10.2. The van der Waals surface area contributed by atoms with Crippen molar-refractivity contribution in [1.29, 1.82) is 0 Å². The fourth-order valence-corrected chi connectivity index (χ4v) is 4.43. The summed E-state index contributed by atoms with van der Waals surface area (Å²) in [5.41, 5.74) is 3.34. The number of hydrogen-bond donors (Lipinski definition) is 0. The monoisotopic (exact) mass is 414 g/mol. The van der Waals surface area contributed by atoms with Crippen molar-refractivity contribution in [2.75, 3.05) is 17.1 Å². The van der Waals surface area contributed by atoms with Gasteiger partial charge < -0.3 is 4.74 Å². The van der Waals surface area contributed by atoms with Crippen molar-refractivity contribution < 1.29 is 19.2 Å². The lowest BCUT2D eigenvalue weighted by molar-refractivity contribution is -0.126. The van der Waals surface area contributed by atoms with E-state index in [0.717, 1.165) is 16.8 Å². The summed E-state index contributed by atoms with van der Waals surface area (Å²) in [5, 5.41) is 1.72. The highest BCUT2D eigenvalue weighted by molar-refractivity contribution is 6.23. The van der Waals surface area contributed by atoms with E-state index in [1.807, 2.05) is 61.5 Å². The Bertz CT molecular complexity index is 1130. The fraction of sp³-hybridized carbons (Fsp3) is 0.200. The Morgan fingerprint density at radius 1 is 0.806 bits per heavy atom. The molecule has 6 nitrogen and oxygen atoms in total. The minimum atomic E-state index is -0.876. The van der Waals surface area contributed by atoms with Gasteiger partial charge in [-0.2, -0.15) is 0 Å². The average Bonchev–Trinajstić information content (AvgIpc) is 3.31. The van der Waals surface area contributed by atoms with Crippen LogP contribution in [0.15, 0.2) is 78.9 Å². The molecular weight excluding hydrogens is 392 g/mol. The van der Waals surface area contributed by atoms with Gasteiger partial charge in [0, 0.05) is 0 Å². The third-order valence-electron chi connectivity index (χ3n) is 5.96. The maximum absolute atomic E-state index is 13.6. The third-order valence-corrected chi connectivity index (χ3v) is 5.96. The Kier molecular flexibility index (Phi) is 4.71. The molecule has 2 heterocycles. The highest BCUT2D eigenvalue weighted by Gasteiger charge is 2.60. The third kappa shape index (κ3) is 3.07. The molecule has 6 heteroatoms. The molecule has 3 aromatic carbocycles. The summed E-state index contributed by atoms with van der Waals surface area (Å²) in [6, 6.07) is 24.0.